The quantitative estimate of drug-likeness (QED) is 0.860. The number of aryl methyl sites for hydroxylation is 1. The van der Waals surface area contributed by atoms with Crippen LogP contribution in [-0.2, 0) is 0 Å². The first-order chi connectivity index (χ1) is 8.63. The maximum Gasteiger partial charge on any atom is 0.133 e. The number of hydrogen-bond donors (Lipinski definition) is 1. The summed E-state index contributed by atoms with van der Waals surface area (Å²) in [5, 5.41) is 3.48. The molecule has 3 rings (SSSR count). The SMILES string of the molecule is Cc1cc(N2CC3CNCC3C2)nc(C(C)C)n1. The Morgan fingerprint density at radius 1 is 1.22 bits per heavy atom. The first-order valence-electron chi connectivity index (χ1n) is 6.94. The van der Waals surface area contributed by atoms with Gasteiger partial charge in [-0.2, -0.15) is 0 Å². The molecule has 1 aromatic rings. The van der Waals surface area contributed by atoms with Gasteiger partial charge >= 0.3 is 0 Å². The Labute approximate surface area is 109 Å². The third-order valence-electron chi connectivity index (χ3n) is 4.09. The van der Waals surface area contributed by atoms with Gasteiger partial charge in [0.1, 0.15) is 11.6 Å². The van der Waals surface area contributed by atoms with Gasteiger partial charge in [-0.1, -0.05) is 13.8 Å². The molecule has 0 aliphatic carbocycles. The molecule has 18 heavy (non-hydrogen) atoms. The van der Waals surface area contributed by atoms with Crippen molar-refractivity contribution in [3.63, 3.8) is 0 Å². The molecule has 3 heterocycles. The molecule has 1 aromatic heterocycles. The predicted octanol–water partition coefficient (Wildman–Crippen LogP) is 1.56. The summed E-state index contributed by atoms with van der Waals surface area (Å²) >= 11 is 0. The van der Waals surface area contributed by atoms with Crippen LogP contribution in [0, 0.1) is 18.8 Å². The lowest BCUT2D eigenvalue weighted by molar-refractivity contribution is 0.533. The number of rotatable bonds is 2. The summed E-state index contributed by atoms with van der Waals surface area (Å²) < 4.78 is 0. The zero-order valence-corrected chi connectivity index (χ0v) is 11.5. The fraction of sp³-hybridized carbons (Fsp3) is 0.714. The minimum absolute atomic E-state index is 0.396. The van der Waals surface area contributed by atoms with Crippen molar-refractivity contribution >= 4 is 5.82 Å². The predicted molar refractivity (Wildman–Crippen MR) is 72.9 cm³/mol. The van der Waals surface area contributed by atoms with E-state index in [1.165, 1.54) is 13.1 Å². The van der Waals surface area contributed by atoms with E-state index in [0.29, 0.717) is 5.92 Å². The zero-order chi connectivity index (χ0) is 12.7. The normalized spacial score (nSPS) is 27.0. The smallest absolute Gasteiger partial charge is 0.133 e. The number of aromatic nitrogens is 2. The first-order valence-corrected chi connectivity index (χ1v) is 6.94. The lowest BCUT2D eigenvalue weighted by Crippen LogP contribution is -2.26. The fourth-order valence-corrected chi connectivity index (χ4v) is 3.04. The van der Waals surface area contributed by atoms with Crippen LogP contribution in [-0.4, -0.2) is 36.1 Å². The molecular weight excluding hydrogens is 224 g/mol. The number of fused-ring (bicyclic) bond motifs is 1. The van der Waals surface area contributed by atoms with Crippen LogP contribution in [0.4, 0.5) is 5.82 Å². The van der Waals surface area contributed by atoms with E-state index < -0.39 is 0 Å². The fourth-order valence-electron chi connectivity index (χ4n) is 3.04. The molecular formula is C14H22N4. The van der Waals surface area contributed by atoms with Gasteiger partial charge in [0.2, 0.25) is 0 Å². The lowest BCUT2D eigenvalue weighted by atomic mass is 10.0. The molecule has 2 unspecified atom stereocenters. The standard InChI is InChI=1S/C14H22N4/c1-9(2)14-16-10(3)4-13(17-14)18-7-11-5-15-6-12(11)8-18/h4,9,11-12,15H,5-8H2,1-3H3. The average molecular weight is 246 g/mol. The van der Waals surface area contributed by atoms with Crippen LogP contribution in [0.15, 0.2) is 6.07 Å². The van der Waals surface area contributed by atoms with Gasteiger partial charge in [-0.3, -0.25) is 0 Å². The number of nitrogens with one attached hydrogen (secondary N) is 1. The topological polar surface area (TPSA) is 41.0 Å². The van der Waals surface area contributed by atoms with E-state index in [2.05, 4.69) is 42.0 Å². The minimum atomic E-state index is 0.396. The van der Waals surface area contributed by atoms with Crippen molar-refractivity contribution < 1.29 is 0 Å². The highest BCUT2D eigenvalue weighted by molar-refractivity contribution is 5.42. The van der Waals surface area contributed by atoms with Crippen LogP contribution in [0.5, 0.6) is 0 Å². The Morgan fingerprint density at radius 2 is 1.89 bits per heavy atom. The third kappa shape index (κ3) is 2.09. The molecule has 98 valence electrons. The molecule has 0 radical (unpaired) electrons. The largest absolute Gasteiger partial charge is 0.356 e. The molecule has 0 aromatic carbocycles. The number of nitrogens with zero attached hydrogens (tertiary/aromatic N) is 3. The first kappa shape index (κ1) is 11.9. The van der Waals surface area contributed by atoms with E-state index in [1.807, 2.05) is 0 Å². The summed E-state index contributed by atoms with van der Waals surface area (Å²) in [4.78, 5) is 11.7. The monoisotopic (exact) mass is 246 g/mol. The van der Waals surface area contributed by atoms with Crippen LogP contribution in [0.2, 0.25) is 0 Å². The molecule has 2 fully saturated rings. The van der Waals surface area contributed by atoms with E-state index in [0.717, 1.165) is 42.3 Å². The third-order valence-corrected chi connectivity index (χ3v) is 4.09. The Hall–Kier alpha value is -1.16. The van der Waals surface area contributed by atoms with E-state index in [1.54, 1.807) is 0 Å². The zero-order valence-electron chi connectivity index (χ0n) is 11.5. The Bertz CT molecular complexity index is 431. The van der Waals surface area contributed by atoms with Gasteiger partial charge in [0.15, 0.2) is 0 Å². The summed E-state index contributed by atoms with van der Waals surface area (Å²) in [6.45, 7) is 11.0. The Balaban J connectivity index is 1.84. The Morgan fingerprint density at radius 3 is 2.50 bits per heavy atom. The van der Waals surface area contributed by atoms with Crippen LogP contribution < -0.4 is 10.2 Å². The second-order valence-electron chi connectivity index (χ2n) is 5.96. The summed E-state index contributed by atoms with van der Waals surface area (Å²) in [5.41, 5.74) is 1.08. The second-order valence-corrected chi connectivity index (χ2v) is 5.96. The van der Waals surface area contributed by atoms with Crippen molar-refractivity contribution in [3.8, 4) is 0 Å². The van der Waals surface area contributed by atoms with E-state index in [9.17, 15) is 0 Å². The lowest BCUT2D eigenvalue weighted by Gasteiger charge is -2.20. The molecule has 2 saturated heterocycles. The summed E-state index contributed by atoms with van der Waals surface area (Å²) in [5.74, 6) is 4.11. The molecule has 0 bridgehead atoms. The van der Waals surface area contributed by atoms with E-state index >= 15 is 0 Å². The average Bonchev–Trinajstić information content (AvgIpc) is 2.87. The van der Waals surface area contributed by atoms with Gasteiger partial charge in [0, 0.05) is 43.9 Å². The molecule has 2 aliphatic rings. The van der Waals surface area contributed by atoms with Crippen molar-refractivity contribution in [2.45, 2.75) is 26.7 Å². The van der Waals surface area contributed by atoms with Crippen molar-refractivity contribution in [3.05, 3.63) is 17.6 Å². The van der Waals surface area contributed by atoms with Crippen molar-refractivity contribution in [2.75, 3.05) is 31.1 Å². The van der Waals surface area contributed by atoms with Gasteiger partial charge in [0.05, 0.1) is 0 Å². The van der Waals surface area contributed by atoms with E-state index in [-0.39, 0.29) is 0 Å². The molecule has 0 spiro atoms. The molecule has 1 N–H and O–H groups in total. The summed E-state index contributed by atoms with van der Waals surface area (Å²) in [6, 6.07) is 2.13. The van der Waals surface area contributed by atoms with Crippen LogP contribution in [0.3, 0.4) is 0 Å². The summed E-state index contributed by atoms with van der Waals surface area (Å²) in [6.07, 6.45) is 0. The summed E-state index contributed by atoms with van der Waals surface area (Å²) in [7, 11) is 0. The van der Waals surface area contributed by atoms with Crippen molar-refractivity contribution in [1.29, 1.82) is 0 Å². The minimum Gasteiger partial charge on any atom is -0.356 e. The second kappa shape index (κ2) is 4.50. The maximum atomic E-state index is 4.74. The van der Waals surface area contributed by atoms with Gasteiger partial charge in [-0.15, -0.1) is 0 Å². The van der Waals surface area contributed by atoms with Crippen molar-refractivity contribution in [2.24, 2.45) is 11.8 Å². The maximum absolute atomic E-state index is 4.74. The molecule has 4 heteroatoms. The van der Waals surface area contributed by atoms with Gasteiger partial charge in [0.25, 0.3) is 0 Å². The van der Waals surface area contributed by atoms with Crippen LogP contribution >= 0.6 is 0 Å². The highest BCUT2D eigenvalue weighted by atomic mass is 15.2. The molecule has 4 nitrogen and oxygen atoms in total. The van der Waals surface area contributed by atoms with Gasteiger partial charge < -0.3 is 10.2 Å². The molecule has 2 atom stereocenters. The van der Waals surface area contributed by atoms with Crippen LogP contribution in [0.25, 0.3) is 0 Å². The number of hydrogen-bond acceptors (Lipinski definition) is 4. The molecule has 0 saturated carbocycles. The van der Waals surface area contributed by atoms with Crippen molar-refractivity contribution in [1.82, 2.24) is 15.3 Å². The molecule has 2 aliphatic heterocycles. The van der Waals surface area contributed by atoms with Gasteiger partial charge in [-0.25, -0.2) is 9.97 Å². The Kier molecular flexibility index (Phi) is 2.98. The molecule has 0 amide bonds. The van der Waals surface area contributed by atoms with E-state index in [4.69, 9.17) is 4.98 Å². The highest BCUT2D eigenvalue weighted by Gasteiger charge is 2.36. The van der Waals surface area contributed by atoms with Gasteiger partial charge in [-0.05, 0) is 18.8 Å². The number of anilines is 1. The highest BCUT2D eigenvalue weighted by Crippen LogP contribution is 2.30. The van der Waals surface area contributed by atoms with Crippen LogP contribution in [0.1, 0.15) is 31.3 Å².